The smallest absolute Gasteiger partial charge is 0.125 e. The van der Waals surface area contributed by atoms with Gasteiger partial charge in [0.25, 0.3) is 0 Å². The molecule has 5 heterocycles. The number of ether oxygens (including phenoxy) is 1. The zero-order valence-corrected chi connectivity index (χ0v) is 24.8. The van der Waals surface area contributed by atoms with Crippen molar-refractivity contribution in [2.24, 2.45) is 0 Å². The van der Waals surface area contributed by atoms with Gasteiger partial charge in [-0.25, -0.2) is 4.39 Å². The highest BCUT2D eigenvalue weighted by atomic mass is 19.1. The van der Waals surface area contributed by atoms with Crippen molar-refractivity contribution < 1.29 is 9.13 Å². The molecule has 0 aliphatic carbocycles. The summed E-state index contributed by atoms with van der Waals surface area (Å²) in [6, 6.07) is 19.1. The Labute approximate surface area is 254 Å². The lowest BCUT2D eigenvalue weighted by molar-refractivity contribution is 0.162. The molecule has 7 rings (SSSR count). The van der Waals surface area contributed by atoms with Crippen LogP contribution in [0.15, 0.2) is 73.1 Å². The molecule has 1 aliphatic rings. The van der Waals surface area contributed by atoms with Gasteiger partial charge in [0.1, 0.15) is 23.4 Å². The fourth-order valence-corrected chi connectivity index (χ4v) is 5.78. The number of aromatic nitrogens is 5. The summed E-state index contributed by atoms with van der Waals surface area (Å²) in [7, 11) is 4.02. The van der Waals surface area contributed by atoms with Crippen LogP contribution in [0.1, 0.15) is 12.8 Å². The number of H-pyrrole nitrogens is 2. The maximum absolute atomic E-state index is 14.7. The highest BCUT2D eigenvalue weighted by Gasteiger charge is 2.18. The van der Waals surface area contributed by atoms with E-state index in [1.807, 2.05) is 56.7 Å². The largest absolute Gasteiger partial charge is 0.490 e. The van der Waals surface area contributed by atoms with E-state index in [4.69, 9.17) is 9.72 Å². The number of anilines is 1. The zero-order valence-electron chi connectivity index (χ0n) is 24.8. The van der Waals surface area contributed by atoms with Crippen LogP contribution in [-0.2, 0) is 0 Å². The van der Waals surface area contributed by atoms with Gasteiger partial charge in [0.15, 0.2) is 0 Å². The van der Waals surface area contributed by atoms with Crippen LogP contribution < -0.4 is 15.4 Å². The van der Waals surface area contributed by atoms with Crippen molar-refractivity contribution in [1.29, 1.82) is 0 Å². The first-order valence-corrected chi connectivity index (χ1v) is 15.0. The molecule has 0 unspecified atom stereocenters. The predicted octanol–water partition coefficient (Wildman–Crippen LogP) is 6.08. The van der Waals surface area contributed by atoms with Gasteiger partial charge in [-0.05, 0) is 88.6 Å². The third kappa shape index (κ3) is 5.86. The third-order valence-electron chi connectivity index (χ3n) is 8.03. The van der Waals surface area contributed by atoms with Crippen LogP contribution in [0, 0.1) is 5.82 Å². The maximum Gasteiger partial charge on any atom is 0.125 e. The lowest BCUT2D eigenvalue weighted by Gasteiger charge is -2.24. The topological polar surface area (TPSA) is 107 Å². The van der Waals surface area contributed by atoms with Gasteiger partial charge in [-0.3, -0.25) is 15.1 Å². The quantitative estimate of drug-likeness (QED) is 0.162. The molecule has 0 saturated carbocycles. The van der Waals surface area contributed by atoms with E-state index in [0.717, 1.165) is 88.4 Å². The summed E-state index contributed by atoms with van der Waals surface area (Å²) in [5.41, 5.74) is 7.29. The second-order valence-electron chi connectivity index (χ2n) is 11.5. The summed E-state index contributed by atoms with van der Waals surface area (Å²) in [6.07, 6.45) is 5.79. The number of rotatable bonds is 9. The van der Waals surface area contributed by atoms with E-state index in [2.05, 4.69) is 47.8 Å². The number of halogens is 1. The van der Waals surface area contributed by atoms with Crippen LogP contribution >= 0.6 is 0 Å². The number of aromatic amines is 2. The maximum atomic E-state index is 14.7. The molecule has 1 fully saturated rings. The first kappa shape index (κ1) is 28.0. The monoisotopic (exact) mass is 590 g/mol. The first-order chi connectivity index (χ1) is 21.5. The lowest BCUT2D eigenvalue weighted by Crippen LogP contribution is -2.34. The Morgan fingerprint density at radius 2 is 1.80 bits per heavy atom. The van der Waals surface area contributed by atoms with E-state index in [1.165, 1.54) is 12.1 Å². The third-order valence-corrected chi connectivity index (χ3v) is 8.03. The van der Waals surface area contributed by atoms with Crippen LogP contribution in [0.4, 0.5) is 10.1 Å². The summed E-state index contributed by atoms with van der Waals surface area (Å²) >= 11 is 0. The van der Waals surface area contributed by atoms with E-state index >= 15 is 0 Å². The molecule has 1 aliphatic heterocycles. The number of benzene rings is 2. The van der Waals surface area contributed by atoms with E-state index < -0.39 is 0 Å². The Balaban J connectivity index is 1.21. The Hall–Kier alpha value is -4.80. The fraction of sp³-hybridized carbons (Fsp3) is 0.265. The molecule has 6 aromatic rings. The summed E-state index contributed by atoms with van der Waals surface area (Å²) in [5, 5.41) is 16.3. The Kier molecular flexibility index (Phi) is 7.68. The van der Waals surface area contributed by atoms with E-state index in [-0.39, 0.29) is 11.9 Å². The molecular formula is C34H35FN8O. The van der Waals surface area contributed by atoms with Crippen molar-refractivity contribution in [2.45, 2.75) is 18.9 Å². The molecule has 1 saturated heterocycles. The van der Waals surface area contributed by atoms with Crippen molar-refractivity contribution in [3.05, 3.63) is 78.9 Å². The van der Waals surface area contributed by atoms with Gasteiger partial charge in [0.2, 0.25) is 0 Å². The van der Waals surface area contributed by atoms with Gasteiger partial charge < -0.3 is 25.3 Å². The van der Waals surface area contributed by atoms with Crippen molar-refractivity contribution in [3.63, 3.8) is 0 Å². The van der Waals surface area contributed by atoms with Gasteiger partial charge in [0.05, 0.1) is 28.8 Å². The number of likely N-dealkylation sites (N-methyl/N-ethyl adjacent to an activating group) is 1. The summed E-state index contributed by atoms with van der Waals surface area (Å²) < 4.78 is 21.0. The second-order valence-corrected chi connectivity index (χ2v) is 11.5. The SMILES string of the molecule is CN(C)CCNc1cc(F)cc(-c2nccc3[nH]c(-c4n[nH]c5cnc(-c6cccc(OC7CCNCC7)c6)cc45)cc23)c1. The Morgan fingerprint density at radius 1 is 0.932 bits per heavy atom. The molecule has 10 heteroatoms. The van der Waals surface area contributed by atoms with E-state index in [9.17, 15) is 4.39 Å². The average Bonchev–Trinajstić information content (AvgIpc) is 3.65. The van der Waals surface area contributed by atoms with Gasteiger partial charge >= 0.3 is 0 Å². The molecule has 0 radical (unpaired) electrons. The molecule has 0 bridgehead atoms. The summed E-state index contributed by atoms with van der Waals surface area (Å²) in [4.78, 5) is 15.0. The van der Waals surface area contributed by atoms with Crippen molar-refractivity contribution in [3.8, 4) is 39.7 Å². The molecular weight excluding hydrogens is 555 g/mol. The van der Waals surface area contributed by atoms with Crippen LogP contribution in [0.3, 0.4) is 0 Å². The summed E-state index contributed by atoms with van der Waals surface area (Å²) in [6.45, 7) is 3.51. The number of nitrogens with one attached hydrogen (secondary N) is 4. The van der Waals surface area contributed by atoms with Gasteiger partial charge in [-0.1, -0.05) is 12.1 Å². The van der Waals surface area contributed by atoms with E-state index in [1.54, 1.807) is 6.20 Å². The Morgan fingerprint density at radius 3 is 2.66 bits per heavy atom. The molecule has 44 heavy (non-hydrogen) atoms. The fourth-order valence-electron chi connectivity index (χ4n) is 5.78. The van der Waals surface area contributed by atoms with Crippen LogP contribution in [-0.4, -0.2) is 76.4 Å². The van der Waals surface area contributed by atoms with Crippen molar-refractivity contribution in [2.75, 3.05) is 45.6 Å². The normalized spacial score (nSPS) is 14.1. The molecule has 4 N–H and O–H groups in total. The zero-order chi connectivity index (χ0) is 30.0. The minimum Gasteiger partial charge on any atom is -0.490 e. The van der Waals surface area contributed by atoms with E-state index in [0.29, 0.717) is 17.8 Å². The summed E-state index contributed by atoms with van der Waals surface area (Å²) in [5.74, 6) is 0.542. The number of nitrogens with zero attached hydrogens (tertiary/aromatic N) is 4. The number of fused-ring (bicyclic) bond motifs is 2. The minimum absolute atomic E-state index is 0.224. The molecule has 0 amide bonds. The highest BCUT2D eigenvalue weighted by molar-refractivity contribution is 6.00. The second kappa shape index (κ2) is 12.1. The lowest BCUT2D eigenvalue weighted by atomic mass is 10.1. The van der Waals surface area contributed by atoms with Crippen molar-refractivity contribution >= 4 is 27.5 Å². The number of hydrogen-bond acceptors (Lipinski definition) is 7. The highest BCUT2D eigenvalue weighted by Crippen LogP contribution is 2.35. The number of piperidine rings is 1. The average molecular weight is 591 g/mol. The first-order valence-electron chi connectivity index (χ1n) is 15.0. The van der Waals surface area contributed by atoms with Crippen LogP contribution in [0.5, 0.6) is 5.75 Å². The molecule has 9 nitrogen and oxygen atoms in total. The van der Waals surface area contributed by atoms with Gasteiger partial charge in [0, 0.05) is 52.4 Å². The van der Waals surface area contributed by atoms with Gasteiger partial charge in [-0.2, -0.15) is 5.10 Å². The predicted molar refractivity (Wildman–Crippen MR) is 173 cm³/mol. The molecule has 224 valence electrons. The number of hydrogen-bond donors (Lipinski definition) is 4. The Bertz CT molecular complexity index is 1920. The number of pyridine rings is 2. The molecule has 2 aromatic carbocycles. The van der Waals surface area contributed by atoms with Crippen LogP contribution in [0.25, 0.3) is 55.7 Å². The molecule has 0 spiro atoms. The standard InChI is InChI=1S/C34H35FN8O/c1-43(2)13-12-37-24-15-22(14-23(35)17-24)33-27-19-31(40-29(27)8-11-38-33)34-28-18-30(39-20-32(28)41-42-34)21-4-3-5-26(16-21)44-25-6-9-36-10-7-25/h3-5,8,11,14-20,25,36-37,40H,6-7,9-10,12-13H2,1-2H3,(H,41,42). The van der Waals surface area contributed by atoms with Crippen LogP contribution in [0.2, 0.25) is 0 Å². The van der Waals surface area contributed by atoms with Crippen molar-refractivity contribution in [1.82, 2.24) is 35.4 Å². The molecule has 0 atom stereocenters. The van der Waals surface area contributed by atoms with Gasteiger partial charge in [-0.15, -0.1) is 0 Å². The minimum atomic E-state index is -0.312. The molecule has 4 aromatic heterocycles.